The average Bonchev–Trinajstić information content (AvgIpc) is 3.32. The normalized spacial score (nSPS) is 35.2. The fraction of sp³-hybridized carbons (Fsp3) is 0.541. The summed E-state index contributed by atoms with van der Waals surface area (Å²) < 4.78 is 18.8. The van der Waals surface area contributed by atoms with E-state index in [0.717, 1.165) is 32.1 Å². The van der Waals surface area contributed by atoms with Crippen LogP contribution in [0.5, 0.6) is 0 Å². The van der Waals surface area contributed by atoms with Gasteiger partial charge in [-0.25, -0.2) is 4.79 Å². The summed E-state index contributed by atoms with van der Waals surface area (Å²) in [4.78, 5) is 12.4. The summed E-state index contributed by atoms with van der Waals surface area (Å²) >= 11 is 0. The lowest BCUT2D eigenvalue weighted by Gasteiger charge is -2.59. The van der Waals surface area contributed by atoms with Crippen LogP contribution in [-0.2, 0) is 32.2 Å². The third-order valence-electron chi connectivity index (χ3n) is 11.2. The van der Waals surface area contributed by atoms with Crippen molar-refractivity contribution >= 4 is 5.97 Å². The van der Waals surface area contributed by atoms with Crippen molar-refractivity contribution in [3.05, 3.63) is 95.1 Å². The van der Waals surface area contributed by atoms with Gasteiger partial charge in [-0.15, -0.1) is 0 Å². The lowest BCUT2D eigenvalue weighted by molar-refractivity contribution is -0.138. The quantitative estimate of drug-likeness (QED) is 0.187. The first-order valence-corrected chi connectivity index (χ1v) is 15.8. The Morgan fingerprint density at radius 1 is 0.927 bits per heavy atom. The number of hydrogen-bond donors (Lipinski definition) is 0. The third kappa shape index (κ3) is 5.46. The Bertz CT molecular complexity index is 1270. The zero-order chi connectivity index (χ0) is 28.5. The highest BCUT2D eigenvalue weighted by Gasteiger charge is 2.60. The van der Waals surface area contributed by atoms with Gasteiger partial charge in [0.2, 0.25) is 0 Å². The number of carbonyl (C=O) groups excluding carboxylic acids is 1. The van der Waals surface area contributed by atoms with Gasteiger partial charge >= 0.3 is 5.97 Å². The number of hydrogen-bond acceptors (Lipinski definition) is 4. The predicted octanol–water partition coefficient (Wildman–Crippen LogP) is 8.22. The van der Waals surface area contributed by atoms with Gasteiger partial charge in [-0.2, -0.15) is 0 Å². The molecule has 0 N–H and O–H groups in total. The van der Waals surface area contributed by atoms with Crippen LogP contribution in [0.15, 0.2) is 84.0 Å². The van der Waals surface area contributed by atoms with Crippen LogP contribution < -0.4 is 0 Å². The van der Waals surface area contributed by atoms with Crippen LogP contribution in [-0.4, -0.2) is 24.8 Å². The number of benzene rings is 2. The number of carbonyl (C=O) groups is 1. The number of esters is 1. The molecule has 2 aromatic carbocycles. The highest BCUT2D eigenvalue weighted by molar-refractivity contribution is 5.83. The molecule has 3 saturated carbocycles. The van der Waals surface area contributed by atoms with E-state index in [-0.39, 0.29) is 29.0 Å². The molecule has 4 heteroatoms. The van der Waals surface area contributed by atoms with Crippen LogP contribution in [0.4, 0.5) is 0 Å². The molecular weight excluding hydrogens is 508 g/mol. The van der Waals surface area contributed by atoms with Gasteiger partial charge in [0.1, 0.15) is 0 Å². The van der Waals surface area contributed by atoms with Gasteiger partial charge in [0.15, 0.2) is 0 Å². The second-order valence-corrected chi connectivity index (χ2v) is 13.2. The molecule has 3 fully saturated rings. The average molecular weight is 555 g/mol. The number of allylic oxidation sites excluding steroid dienone is 2. The van der Waals surface area contributed by atoms with Gasteiger partial charge in [0, 0.05) is 17.9 Å². The van der Waals surface area contributed by atoms with E-state index in [4.69, 9.17) is 14.2 Å². The van der Waals surface area contributed by atoms with Crippen molar-refractivity contribution < 1.29 is 19.0 Å². The van der Waals surface area contributed by atoms with E-state index in [1.165, 1.54) is 29.5 Å². The first kappa shape index (κ1) is 28.4. The second-order valence-electron chi connectivity index (χ2n) is 13.2. The molecule has 0 aliphatic heterocycles. The van der Waals surface area contributed by atoms with Crippen LogP contribution in [0.1, 0.15) is 76.8 Å². The minimum Gasteiger partial charge on any atom is -0.463 e. The van der Waals surface area contributed by atoms with Crippen molar-refractivity contribution in [2.75, 3.05) is 6.61 Å². The Balaban J connectivity index is 1.26. The fourth-order valence-electron chi connectivity index (χ4n) is 9.00. The van der Waals surface area contributed by atoms with Crippen molar-refractivity contribution in [1.82, 2.24) is 0 Å². The van der Waals surface area contributed by atoms with E-state index in [1.54, 1.807) is 5.57 Å². The van der Waals surface area contributed by atoms with Gasteiger partial charge in [0.25, 0.3) is 0 Å². The molecule has 0 heterocycles. The van der Waals surface area contributed by atoms with Crippen LogP contribution in [0.3, 0.4) is 0 Å². The lowest BCUT2D eigenvalue weighted by atomic mass is 9.47. The van der Waals surface area contributed by atoms with E-state index in [1.807, 2.05) is 13.0 Å². The van der Waals surface area contributed by atoms with Crippen LogP contribution >= 0.6 is 0 Å². The Hall–Kier alpha value is -2.69. The minimum absolute atomic E-state index is 0.000751. The molecule has 4 aliphatic carbocycles. The molecule has 0 saturated heterocycles. The smallest absolute Gasteiger partial charge is 0.330 e. The van der Waals surface area contributed by atoms with Crippen LogP contribution in [0, 0.1) is 28.6 Å². The summed E-state index contributed by atoms with van der Waals surface area (Å²) in [5.74, 6) is 1.62. The third-order valence-corrected chi connectivity index (χ3v) is 11.2. The Morgan fingerprint density at radius 2 is 1.61 bits per heavy atom. The Kier molecular flexibility index (Phi) is 8.25. The molecule has 6 rings (SSSR count). The van der Waals surface area contributed by atoms with Crippen molar-refractivity contribution in [3.8, 4) is 0 Å². The summed E-state index contributed by atoms with van der Waals surface area (Å²) in [6.07, 6.45) is 12.2. The second kappa shape index (κ2) is 11.9. The molecule has 0 aromatic heterocycles. The summed E-state index contributed by atoms with van der Waals surface area (Å²) in [7, 11) is 0. The molecule has 0 radical (unpaired) electrons. The van der Waals surface area contributed by atoms with Crippen molar-refractivity contribution in [2.24, 2.45) is 28.6 Å². The van der Waals surface area contributed by atoms with Crippen molar-refractivity contribution in [1.29, 1.82) is 0 Å². The maximum Gasteiger partial charge on any atom is 0.330 e. The van der Waals surface area contributed by atoms with Crippen LogP contribution in [0.2, 0.25) is 0 Å². The first-order valence-electron chi connectivity index (χ1n) is 15.8. The highest BCUT2D eigenvalue weighted by atomic mass is 16.5. The van der Waals surface area contributed by atoms with Crippen molar-refractivity contribution in [2.45, 2.75) is 91.1 Å². The molecule has 2 aromatic rings. The summed E-state index contributed by atoms with van der Waals surface area (Å²) in [6.45, 7) is 8.51. The standard InChI is InChI=1S/C37H46O4/c1-4-39-35(38)22-28-16-18-32-31-17-15-29-21-30(40-24-26-11-7-5-8-12-26)23-34(41-25-27-13-9-6-10-14-27)37(29,3)33(31)19-20-36(28,32)2/h5-15,22,30-34H,4,16-21,23-25H2,1-3H3/t30-,31+,32+,33+,34+,36-,37+/m1/s1. The maximum atomic E-state index is 12.4. The molecule has 0 unspecified atom stereocenters. The molecule has 7 atom stereocenters. The van der Waals surface area contributed by atoms with Gasteiger partial charge in [0.05, 0.1) is 32.0 Å². The topological polar surface area (TPSA) is 44.8 Å². The summed E-state index contributed by atoms with van der Waals surface area (Å²) in [6, 6.07) is 21.1. The zero-order valence-corrected chi connectivity index (χ0v) is 25.0. The lowest BCUT2D eigenvalue weighted by Crippen LogP contribution is -2.56. The molecule has 4 aliphatic rings. The number of rotatable bonds is 8. The summed E-state index contributed by atoms with van der Waals surface area (Å²) in [5.41, 5.74) is 5.40. The van der Waals surface area contributed by atoms with Gasteiger partial charge < -0.3 is 14.2 Å². The molecule has 218 valence electrons. The number of ether oxygens (including phenoxy) is 3. The van der Waals surface area contributed by atoms with E-state index in [2.05, 4.69) is 80.6 Å². The van der Waals surface area contributed by atoms with E-state index >= 15 is 0 Å². The van der Waals surface area contributed by atoms with Crippen LogP contribution in [0.25, 0.3) is 0 Å². The fourth-order valence-corrected chi connectivity index (χ4v) is 9.00. The highest BCUT2D eigenvalue weighted by Crippen LogP contribution is 2.66. The SMILES string of the molecule is CCOC(=O)C=C1CC[C@H]2[C@@H]3CC=C4C[C@@H](OCc5ccccc5)C[C@H](OCc5ccccc5)[C@]4(C)[C@H]3CC[C@]12C. The number of fused-ring (bicyclic) bond motifs is 5. The van der Waals surface area contributed by atoms with Gasteiger partial charge in [-0.1, -0.05) is 91.7 Å². The van der Waals surface area contributed by atoms with E-state index in [0.29, 0.717) is 37.6 Å². The Morgan fingerprint density at radius 3 is 2.29 bits per heavy atom. The molecule has 0 bridgehead atoms. The molecule has 0 spiro atoms. The van der Waals surface area contributed by atoms with Crippen molar-refractivity contribution in [3.63, 3.8) is 0 Å². The monoisotopic (exact) mass is 554 g/mol. The molecule has 4 nitrogen and oxygen atoms in total. The first-order chi connectivity index (χ1) is 19.9. The molecule has 0 amide bonds. The Labute approximate surface area is 246 Å². The largest absolute Gasteiger partial charge is 0.463 e. The van der Waals surface area contributed by atoms with Gasteiger partial charge in [-0.3, -0.25) is 0 Å². The molecular formula is C37H46O4. The molecule has 41 heavy (non-hydrogen) atoms. The summed E-state index contributed by atoms with van der Waals surface area (Å²) in [5, 5.41) is 0. The van der Waals surface area contributed by atoms with E-state index in [9.17, 15) is 4.79 Å². The minimum atomic E-state index is -0.174. The zero-order valence-electron chi connectivity index (χ0n) is 25.0. The van der Waals surface area contributed by atoms with Gasteiger partial charge in [-0.05, 0) is 79.7 Å². The predicted molar refractivity (Wildman–Crippen MR) is 162 cm³/mol. The van der Waals surface area contributed by atoms with E-state index < -0.39 is 0 Å². The maximum absolute atomic E-state index is 12.4.